The SMILES string of the molecule is Oc1ccc(Br)cc1-c1cc(-c2cccc3c2OCO3)cc(NCCN2CCOCC2)n1. The predicted molar refractivity (Wildman–Crippen MR) is 126 cm³/mol. The number of hydrogen-bond acceptors (Lipinski definition) is 7. The molecule has 0 amide bonds. The number of hydrogen-bond donors (Lipinski definition) is 2. The molecule has 32 heavy (non-hydrogen) atoms. The van der Waals surface area contributed by atoms with Gasteiger partial charge < -0.3 is 24.6 Å². The Morgan fingerprint density at radius 2 is 1.91 bits per heavy atom. The minimum absolute atomic E-state index is 0.176. The third-order valence-corrected chi connectivity index (χ3v) is 6.10. The molecule has 0 aliphatic carbocycles. The van der Waals surface area contributed by atoms with Gasteiger partial charge in [-0.15, -0.1) is 0 Å². The Kier molecular flexibility index (Phi) is 6.16. The molecule has 2 aromatic carbocycles. The molecule has 0 spiro atoms. The molecule has 166 valence electrons. The van der Waals surface area contributed by atoms with Gasteiger partial charge in [0.1, 0.15) is 11.6 Å². The van der Waals surface area contributed by atoms with Crippen LogP contribution in [0.4, 0.5) is 5.82 Å². The highest BCUT2D eigenvalue weighted by Gasteiger charge is 2.20. The molecule has 7 nitrogen and oxygen atoms in total. The van der Waals surface area contributed by atoms with Crippen LogP contribution in [0.1, 0.15) is 0 Å². The monoisotopic (exact) mass is 497 g/mol. The molecule has 8 heteroatoms. The zero-order valence-corrected chi connectivity index (χ0v) is 19.1. The summed E-state index contributed by atoms with van der Waals surface area (Å²) in [5, 5.41) is 14.0. The van der Waals surface area contributed by atoms with Gasteiger partial charge in [0.05, 0.1) is 18.9 Å². The second-order valence-corrected chi connectivity index (χ2v) is 8.62. The van der Waals surface area contributed by atoms with Gasteiger partial charge >= 0.3 is 0 Å². The van der Waals surface area contributed by atoms with Gasteiger partial charge in [-0.1, -0.05) is 28.1 Å². The summed E-state index contributed by atoms with van der Waals surface area (Å²) >= 11 is 3.50. The zero-order valence-electron chi connectivity index (χ0n) is 17.5. The summed E-state index contributed by atoms with van der Waals surface area (Å²) in [6.45, 7) is 5.32. The van der Waals surface area contributed by atoms with Crippen molar-refractivity contribution in [3.05, 3.63) is 53.0 Å². The van der Waals surface area contributed by atoms with Crippen LogP contribution in [0.3, 0.4) is 0 Å². The Morgan fingerprint density at radius 3 is 2.78 bits per heavy atom. The van der Waals surface area contributed by atoms with E-state index in [1.54, 1.807) is 12.1 Å². The number of nitrogens with one attached hydrogen (secondary N) is 1. The number of aromatic hydroxyl groups is 1. The average molecular weight is 498 g/mol. The summed E-state index contributed by atoms with van der Waals surface area (Å²) in [6, 6.07) is 15.2. The first-order valence-corrected chi connectivity index (χ1v) is 11.4. The standard InChI is InChI=1S/C24H24BrN3O4/c25-17-4-5-21(29)19(14-17)20-12-16(18-2-1-3-22-24(18)32-15-31-22)13-23(27-20)26-6-7-28-8-10-30-11-9-28/h1-5,12-14,29H,6-11,15H2,(H,26,27). The minimum Gasteiger partial charge on any atom is -0.507 e. The van der Waals surface area contributed by atoms with Crippen LogP contribution < -0.4 is 14.8 Å². The van der Waals surface area contributed by atoms with Gasteiger partial charge in [0.2, 0.25) is 6.79 Å². The van der Waals surface area contributed by atoms with E-state index < -0.39 is 0 Å². The maximum Gasteiger partial charge on any atom is 0.231 e. The molecule has 5 rings (SSSR count). The maximum atomic E-state index is 10.5. The van der Waals surface area contributed by atoms with Crippen molar-refractivity contribution in [2.45, 2.75) is 0 Å². The highest BCUT2D eigenvalue weighted by atomic mass is 79.9. The zero-order chi connectivity index (χ0) is 21.9. The molecule has 0 bridgehead atoms. The quantitative estimate of drug-likeness (QED) is 0.523. The van der Waals surface area contributed by atoms with E-state index in [2.05, 4.69) is 26.1 Å². The lowest BCUT2D eigenvalue weighted by atomic mass is 10.0. The summed E-state index contributed by atoms with van der Waals surface area (Å²) in [5.41, 5.74) is 3.19. The number of anilines is 1. The topological polar surface area (TPSA) is 76.1 Å². The third kappa shape index (κ3) is 4.53. The lowest BCUT2D eigenvalue weighted by molar-refractivity contribution is 0.0398. The van der Waals surface area contributed by atoms with E-state index >= 15 is 0 Å². The molecule has 2 aliphatic heterocycles. The van der Waals surface area contributed by atoms with Crippen LogP contribution in [-0.4, -0.2) is 61.2 Å². The fourth-order valence-corrected chi connectivity index (χ4v) is 4.31. The van der Waals surface area contributed by atoms with Crippen LogP contribution in [0, 0.1) is 0 Å². The predicted octanol–water partition coefficient (Wildman–Crippen LogP) is 4.36. The van der Waals surface area contributed by atoms with Gasteiger partial charge in [-0.3, -0.25) is 4.90 Å². The molecule has 3 aromatic rings. The van der Waals surface area contributed by atoms with E-state index in [4.69, 9.17) is 19.2 Å². The van der Waals surface area contributed by atoms with Crippen molar-refractivity contribution in [2.24, 2.45) is 0 Å². The molecule has 1 aromatic heterocycles. The van der Waals surface area contributed by atoms with Crippen molar-refractivity contribution in [1.82, 2.24) is 9.88 Å². The first kappa shape index (κ1) is 21.1. The third-order valence-electron chi connectivity index (χ3n) is 5.61. The minimum atomic E-state index is 0.176. The highest BCUT2D eigenvalue weighted by molar-refractivity contribution is 9.10. The molecule has 1 fully saturated rings. The number of halogens is 1. The lowest BCUT2D eigenvalue weighted by Crippen LogP contribution is -2.39. The first-order chi connectivity index (χ1) is 15.7. The van der Waals surface area contributed by atoms with Crippen LogP contribution >= 0.6 is 15.9 Å². The fourth-order valence-electron chi connectivity index (χ4n) is 3.95. The van der Waals surface area contributed by atoms with Crippen molar-refractivity contribution < 1.29 is 19.3 Å². The number of phenols is 1. The number of benzene rings is 2. The number of para-hydroxylation sites is 1. The van der Waals surface area contributed by atoms with Crippen LogP contribution in [0.2, 0.25) is 0 Å². The number of phenolic OH excluding ortho intramolecular Hbond substituents is 1. The van der Waals surface area contributed by atoms with Crippen LogP contribution in [-0.2, 0) is 4.74 Å². The number of pyridine rings is 1. The van der Waals surface area contributed by atoms with Crippen LogP contribution in [0.25, 0.3) is 22.4 Å². The molecule has 0 atom stereocenters. The summed E-state index contributed by atoms with van der Waals surface area (Å²) in [5.74, 6) is 2.37. The van der Waals surface area contributed by atoms with E-state index in [1.807, 2.05) is 36.4 Å². The second kappa shape index (κ2) is 9.36. The van der Waals surface area contributed by atoms with Gasteiger partial charge in [0.25, 0.3) is 0 Å². The second-order valence-electron chi connectivity index (χ2n) is 7.71. The Hall–Kier alpha value is -2.81. The van der Waals surface area contributed by atoms with E-state index in [0.717, 1.165) is 72.3 Å². The van der Waals surface area contributed by atoms with Crippen molar-refractivity contribution in [3.63, 3.8) is 0 Å². The maximum absolute atomic E-state index is 10.5. The van der Waals surface area contributed by atoms with Gasteiger partial charge in [0, 0.05) is 41.8 Å². The Labute approximate surface area is 195 Å². The molecule has 0 saturated carbocycles. The van der Waals surface area contributed by atoms with Crippen molar-refractivity contribution in [2.75, 3.05) is 51.5 Å². The van der Waals surface area contributed by atoms with E-state index in [-0.39, 0.29) is 12.5 Å². The van der Waals surface area contributed by atoms with E-state index in [1.165, 1.54) is 0 Å². The summed E-state index contributed by atoms with van der Waals surface area (Å²) in [4.78, 5) is 7.17. The number of nitrogens with zero attached hydrogens (tertiary/aromatic N) is 2. The molecule has 3 heterocycles. The molecule has 0 unspecified atom stereocenters. The molecule has 0 radical (unpaired) electrons. The van der Waals surface area contributed by atoms with Crippen LogP contribution in [0.5, 0.6) is 17.2 Å². The number of morpholine rings is 1. The summed E-state index contributed by atoms with van der Waals surface area (Å²) in [7, 11) is 0. The first-order valence-electron chi connectivity index (χ1n) is 10.6. The van der Waals surface area contributed by atoms with Crippen molar-refractivity contribution in [1.29, 1.82) is 0 Å². The molecule has 2 aliphatic rings. The van der Waals surface area contributed by atoms with Crippen LogP contribution in [0.15, 0.2) is 53.0 Å². The summed E-state index contributed by atoms with van der Waals surface area (Å²) < 4.78 is 17.6. The normalized spacial score (nSPS) is 15.7. The van der Waals surface area contributed by atoms with Gasteiger partial charge in [-0.25, -0.2) is 4.98 Å². The molecule has 1 saturated heterocycles. The smallest absolute Gasteiger partial charge is 0.231 e. The molecular formula is C24H24BrN3O4. The molecular weight excluding hydrogens is 474 g/mol. The summed E-state index contributed by atoms with van der Waals surface area (Å²) in [6.07, 6.45) is 0. The fraction of sp³-hybridized carbons (Fsp3) is 0.292. The van der Waals surface area contributed by atoms with E-state index in [9.17, 15) is 5.11 Å². The number of aromatic nitrogens is 1. The number of rotatable bonds is 6. The van der Waals surface area contributed by atoms with Gasteiger partial charge in [0.15, 0.2) is 11.5 Å². The Bertz CT molecular complexity index is 1120. The number of fused-ring (bicyclic) bond motifs is 1. The largest absolute Gasteiger partial charge is 0.507 e. The average Bonchev–Trinajstić information content (AvgIpc) is 3.30. The van der Waals surface area contributed by atoms with E-state index in [0.29, 0.717) is 11.3 Å². The number of ether oxygens (including phenoxy) is 3. The Morgan fingerprint density at radius 1 is 1.03 bits per heavy atom. The van der Waals surface area contributed by atoms with Crippen molar-refractivity contribution >= 4 is 21.7 Å². The Balaban J connectivity index is 1.49. The van der Waals surface area contributed by atoms with Crippen molar-refractivity contribution in [3.8, 4) is 39.6 Å². The highest BCUT2D eigenvalue weighted by Crippen LogP contribution is 2.43. The lowest BCUT2D eigenvalue weighted by Gasteiger charge is -2.26. The van der Waals surface area contributed by atoms with Gasteiger partial charge in [-0.2, -0.15) is 0 Å². The molecule has 2 N–H and O–H groups in total. The van der Waals surface area contributed by atoms with Gasteiger partial charge in [-0.05, 0) is 42.0 Å².